The van der Waals surface area contributed by atoms with Crippen molar-refractivity contribution in [1.82, 2.24) is 10.0 Å². The van der Waals surface area contributed by atoms with Crippen LogP contribution >= 0.6 is 0 Å². The maximum Gasteiger partial charge on any atom is 1.00 e. The molecule has 0 aromatic heterocycles. The van der Waals surface area contributed by atoms with Crippen LogP contribution in [0.4, 0.5) is 34.5 Å². The second-order valence-corrected chi connectivity index (χ2v) is 6.19. The van der Waals surface area contributed by atoms with Crippen LogP contribution in [0.2, 0.25) is 0 Å². The van der Waals surface area contributed by atoms with Gasteiger partial charge < -0.3 is 89.4 Å². The van der Waals surface area contributed by atoms with Crippen molar-refractivity contribution < 1.29 is 87.5 Å². The average molecular weight is 856 g/mol. The van der Waals surface area contributed by atoms with Gasteiger partial charge in [-0.3, -0.25) is 0 Å². The van der Waals surface area contributed by atoms with Crippen molar-refractivity contribution in [3.8, 4) is 0 Å². The summed E-state index contributed by atoms with van der Waals surface area (Å²) in [6.07, 6.45) is 0. The van der Waals surface area contributed by atoms with Crippen molar-refractivity contribution in [2.75, 3.05) is 14.1 Å². The largest absolute Gasteiger partial charge is 1.00 e. The molecule has 0 aliphatic carbocycles. The Labute approximate surface area is 213 Å². The van der Waals surface area contributed by atoms with Gasteiger partial charge in [-0.1, -0.05) is 0 Å². The number of rotatable bonds is 0. The molecule has 0 fully saturated rings. The molecule has 0 bridgehead atoms. The summed E-state index contributed by atoms with van der Waals surface area (Å²) < 4.78 is 81.0. The molecule has 0 saturated heterocycles. The molecule has 0 saturated carbocycles. The van der Waals surface area contributed by atoms with Crippen molar-refractivity contribution in [3.63, 3.8) is 0 Å². The Morgan fingerprint density at radius 1 is 0.700 bits per heavy atom. The standard InChI is InChI=1S/2C5H10N3S.2Au.2BF4/c2*1-4-5(2)8(9)6-7(4)3;;;2*2-1(3,4)5/h2*4H,1-3H3;;;;/q2*-1;2*+1;2*-1. The summed E-state index contributed by atoms with van der Waals surface area (Å²) in [6.45, 7) is 8.13. The van der Waals surface area contributed by atoms with Gasteiger partial charge in [-0.05, 0) is 27.9 Å². The van der Waals surface area contributed by atoms with Gasteiger partial charge in [0.05, 0.1) is 12.1 Å². The van der Waals surface area contributed by atoms with Crippen LogP contribution in [-0.2, 0) is 70.4 Å². The molecule has 2 aliphatic heterocycles. The van der Waals surface area contributed by atoms with Crippen LogP contribution in [0, 0.1) is 0 Å². The third-order valence-electron chi connectivity index (χ3n) is 3.38. The summed E-state index contributed by atoms with van der Waals surface area (Å²) in [5, 5.41) is 3.70. The molecule has 188 valence electrons. The van der Waals surface area contributed by atoms with E-state index in [1.165, 1.54) is 8.18 Å². The van der Waals surface area contributed by atoms with E-state index in [9.17, 15) is 34.5 Å². The zero-order valence-electron chi connectivity index (χ0n) is 16.4. The molecule has 2 rings (SSSR count). The summed E-state index contributed by atoms with van der Waals surface area (Å²) in [5.41, 5.74) is 10.2. The molecule has 2 aliphatic rings. The van der Waals surface area contributed by atoms with E-state index in [1.54, 1.807) is 0 Å². The maximum atomic E-state index is 9.75. The monoisotopic (exact) mass is 856 g/mol. The predicted molar refractivity (Wildman–Crippen MR) is 98.2 cm³/mol. The van der Waals surface area contributed by atoms with Crippen LogP contribution < -0.4 is 0 Å². The normalized spacial score (nSPS) is 21.4. The van der Waals surface area contributed by atoms with E-state index in [0.29, 0.717) is 12.1 Å². The Hall–Kier alpha value is 0.350. The van der Waals surface area contributed by atoms with Crippen molar-refractivity contribution in [3.05, 3.63) is 11.1 Å². The Balaban J connectivity index is -0.000000153. The molecule has 0 amide bonds. The minimum Gasteiger partial charge on any atom is -0.439 e. The number of nitrogens with zero attached hydrogens (tertiary/aromatic N) is 6. The van der Waals surface area contributed by atoms with Gasteiger partial charge in [0.2, 0.25) is 0 Å². The Morgan fingerprint density at radius 2 is 0.867 bits per heavy atom. The second-order valence-electron chi connectivity index (χ2n) is 5.50. The quantitative estimate of drug-likeness (QED) is 0.162. The third kappa shape index (κ3) is 20.3. The van der Waals surface area contributed by atoms with E-state index in [4.69, 9.17) is 25.6 Å². The molecular weight excluding hydrogens is 836 g/mol. The van der Waals surface area contributed by atoms with Crippen LogP contribution in [0.5, 0.6) is 0 Å². The molecule has 30 heavy (non-hydrogen) atoms. The van der Waals surface area contributed by atoms with E-state index >= 15 is 0 Å². The second kappa shape index (κ2) is 16.0. The summed E-state index contributed by atoms with van der Waals surface area (Å²) in [4.78, 5) is 0. The first-order chi connectivity index (χ1) is 12.3. The molecule has 0 aromatic rings. The smallest absolute Gasteiger partial charge is 0.439 e. The first kappa shape index (κ1) is 37.7. The van der Waals surface area contributed by atoms with Crippen LogP contribution in [0.25, 0.3) is 11.1 Å². The van der Waals surface area contributed by atoms with E-state index in [-0.39, 0.29) is 44.8 Å². The van der Waals surface area contributed by atoms with Crippen LogP contribution in [0.3, 0.4) is 0 Å². The van der Waals surface area contributed by atoms with Crippen molar-refractivity contribution in [2.45, 2.75) is 39.8 Å². The van der Waals surface area contributed by atoms with Gasteiger partial charge in [0.15, 0.2) is 0 Å². The minimum absolute atomic E-state index is 0. The SMILES string of the molecule is CC1=[N+]([S-])[N-]N(C)C1C.CC1=[N+]([S-])[N-]N(C)C1C.F[B-](F)(F)F.F[B-](F)(F)F.[Au+].[Au+]. The van der Waals surface area contributed by atoms with Gasteiger partial charge in [-0.25, -0.2) is 0 Å². The van der Waals surface area contributed by atoms with E-state index in [0.717, 1.165) is 11.4 Å². The van der Waals surface area contributed by atoms with Crippen LogP contribution in [0.15, 0.2) is 0 Å². The van der Waals surface area contributed by atoms with E-state index < -0.39 is 14.5 Å². The summed E-state index contributed by atoms with van der Waals surface area (Å²) in [7, 11) is -8.17. The Bertz CT molecular complexity index is 510. The molecule has 0 radical (unpaired) electrons. The van der Waals surface area contributed by atoms with Crippen molar-refractivity contribution in [1.29, 1.82) is 0 Å². The van der Waals surface area contributed by atoms with E-state index in [1.807, 2.05) is 38.0 Å². The Morgan fingerprint density at radius 3 is 0.900 bits per heavy atom. The molecule has 0 aromatic carbocycles. The predicted octanol–water partition coefficient (Wildman–Crippen LogP) is 3.51. The number of hydrogen-bond donors (Lipinski definition) is 0. The molecular formula is C10H20Au2B2F8N6S2-2. The minimum atomic E-state index is -6.00. The third-order valence-corrected chi connectivity index (χ3v) is 4.10. The molecule has 0 N–H and O–H groups in total. The van der Waals surface area contributed by atoms with Crippen molar-refractivity contribution >= 4 is 51.6 Å². The average Bonchev–Trinajstić information content (AvgIpc) is 2.81. The fourth-order valence-electron chi connectivity index (χ4n) is 1.41. The van der Waals surface area contributed by atoms with Gasteiger partial charge in [-0.15, -0.1) is 0 Å². The maximum absolute atomic E-state index is 9.75. The molecule has 2 atom stereocenters. The van der Waals surface area contributed by atoms with Gasteiger partial charge in [0, 0.05) is 13.8 Å². The number of hydrogen-bond acceptors (Lipinski definition) is 4. The van der Waals surface area contributed by atoms with Crippen LogP contribution in [0.1, 0.15) is 27.7 Å². The van der Waals surface area contributed by atoms with E-state index in [2.05, 4.69) is 24.9 Å². The van der Waals surface area contributed by atoms with Gasteiger partial charge in [0.25, 0.3) is 0 Å². The topological polar surface area (TPSA) is 40.7 Å². The first-order valence-electron chi connectivity index (χ1n) is 7.50. The summed E-state index contributed by atoms with van der Waals surface area (Å²) >= 11 is 9.73. The zero-order valence-corrected chi connectivity index (χ0v) is 22.4. The first-order valence-corrected chi connectivity index (χ1v) is 8.23. The fraction of sp³-hybridized carbons (Fsp3) is 0.800. The number of halogens is 8. The molecule has 6 nitrogen and oxygen atoms in total. The van der Waals surface area contributed by atoms with Crippen LogP contribution in [-0.4, -0.2) is 70.3 Å². The molecule has 20 heteroatoms. The Kier molecular flexibility index (Phi) is 20.1. The summed E-state index contributed by atoms with van der Waals surface area (Å²) in [6, 6.07) is 0.727. The van der Waals surface area contributed by atoms with Gasteiger partial charge in [0.1, 0.15) is 11.4 Å². The molecule has 2 heterocycles. The van der Waals surface area contributed by atoms with Gasteiger partial charge >= 0.3 is 59.3 Å². The van der Waals surface area contributed by atoms with Crippen molar-refractivity contribution in [2.24, 2.45) is 0 Å². The summed E-state index contributed by atoms with van der Waals surface area (Å²) in [5.74, 6) is 0. The molecule has 2 unspecified atom stereocenters. The molecule has 0 spiro atoms. The zero-order chi connectivity index (χ0) is 23.0. The van der Waals surface area contributed by atoms with Gasteiger partial charge in [-0.2, -0.15) is 0 Å². The fourth-order valence-corrected chi connectivity index (χ4v) is 1.95.